The Morgan fingerprint density at radius 2 is 1.96 bits per heavy atom. The molecule has 0 saturated carbocycles. The summed E-state index contributed by atoms with van der Waals surface area (Å²) in [6.45, 7) is 1.02. The Bertz CT molecular complexity index is 1070. The number of hydrogen-bond donors (Lipinski definition) is 2. The number of rotatable bonds is 4. The molecule has 2 aromatic carbocycles. The van der Waals surface area contributed by atoms with Crippen LogP contribution in [0, 0.1) is 24.4 Å². The van der Waals surface area contributed by atoms with E-state index in [4.69, 9.17) is 4.74 Å². The number of halogens is 3. The molecule has 6 nitrogen and oxygen atoms in total. The van der Waals surface area contributed by atoms with Crippen LogP contribution in [0.25, 0.3) is 10.2 Å². The SMILES string of the molecule is Cc1ccc(C(=O)OCC(=O)Nc2nc3c(F)c(F)c(F)cc3s2)c(O)c1. The molecule has 0 fully saturated rings. The minimum atomic E-state index is -1.66. The van der Waals surface area contributed by atoms with Crippen molar-refractivity contribution < 1.29 is 32.6 Å². The average molecular weight is 396 g/mol. The molecule has 0 aliphatic carbocycles. The average Bonchev–Trinajstić information content (AvgIpc) is 3.00. The molecule has 0 bridgehead atoms. The monoisotopic (exact) mass is 396 g/mol. The van der Waals surface area contributed by atoms with Crippen LogP contribution in [-0.4, -0.2) is 28.6 Å². The number of phenols is 1. The maximum absolute atomic E-state index is 13.6. The second-order valence-corrected chi connectivity index (χ2v) is 6.53. The molecule has 0 unspecified atom stereocenters. The lowest BCUT2D eigenvalue weighted by Crippen LogP contribution is -2.20. The third kappa shape index (κ3) is 3.85. The Labute approximate surface area is 154 Å². The number of benzene rings is 2. The number of aryl methyl sites for hydroxylation is 1. The van der Waals surface area contributed by atoms with Crippen LogP contribution in [0.5, 0.6) is 5.75 Å². The minimum Gasteiger partial charge on any atom is -0.507 e. The Morgan fingerprint density at radius 3 is 2.67 bits per heavy atom. The van der Waals surface area contributed by atoms with Gasteiger partial charge in [-0.25, -0.2) is 22.9 Å². The van der Waals surface area contributed by atoms with E-state index in [1.54, 1.807) is 13.0 Å². The van der Waals surface area contributed by atoms with Gasteiger partial charge in [-0.15, -0.1) is 0 Å². The number of esters is 1. The first kappa shape index (κ1) is 18.6. The minimum absolute atomic E-state index is 0.00303. The molecule has 0 aliphatic rings. The molecule has 0 atom stereocenters. The highest BCUT2D eigenvalue weighted by Crippen LogP contribution is 2.30. The molecule has 1 aromatic heterocycles. The number of ether oxygens (including phenoxy) is 1. The largest absolute Gasteiger partial charge is 0.507 e. The highest BCUT2D eigenvalue weighted by Gasteiger charge is 2.19. The van der Waals surface area contributed by atoms with Gasteiger partial charge >= 0.3 is 5.97 Å². The number of fused-ring (bicyclic) bond motifs is 1. The van der Waals surface area contributed by atoms with Crippen LogP contribution in [0.1, 0.15) is 15.9 Å². The Morgan fingerprint density at radius 1 is 1.22 bits per heavy atom. The third-order valence-electron chi connectivity index (χ3n) is 3.48. The van der Waals surface area contributed by atoms with Crippen LogP contribution in [0.2, 0.25) is 0 Å². The van der Waals surface area contributed by atoms with E-state index in [9.17, 15) is 27.9 Å². The topological polar surface area (TPSA) is 88.5 Å². The number of amides is 1. The highest BCUT2D eigenvalue weighted by atomic mass is 32.1. The van der Waals surface area contributed by atoms with Crippen molar-refractivity contribution >= 4 is 38.6 Å². The fraction of sp³-hybridized carbons (Fsp3) is 0.118. The Balaban J connectivity index is 1.66. The zero-order chi connectivity index (χ0) is 19.7. The molecule has 3 aromatic rings. The van der Waals surface area contributed by atoms with E-state index in [0.717, 1.165) is 23.0 Å². The first-order chi connectivity index (χ1) is 12.8. The van der Waals surface area contributed by atoms with Gasteiger partial charge in [0.15, 0.2) is 29.2 Å². The van der Waals surface area contributed by atoms with Gasteiger partial charge in [0, 0.05) is 0 Å². The molecule has 140 valence electrons. The van der Waals surface area contributed by atoms with Crippen molar-refractivity contribution in [3.05, 3.63) is 52.8 Å². The zero-order valence-corrected chi connectivity index (χ0v) is 14.5. The number of phenolic OH excluding ortho intramolecular Hbond substituents is 1. The van der Waals surface area contributed by atoms with Gasteiger partial charge in [0.25, 0.3) is 5.91 Å². The predicted octanol–water partition coefficient (Wildman–Crippen LogP) is 3.52. The van der Waals surface area contributed by atoms with Crippen molar-refractivity contribution in [2.75, 3.05) is 11.9 Å². The number of anilines is 1. The quantitative estimate of drug-likeness (QED) is 0.520. The van der Waals surface area contributed by atoms with Crippen LogP contribution in [0.4, 0.5) is 18.3 Å². The van der Waals surface area contributed by atoms with Gasteiger partial charge in [-0.3, -0.25) is 10.1 Å². The number of carbonyl (C=O) groups excluding carboxylic acids is 2. The molecule has 0 spiro atoms. The van der Waals surface area contributed by atoms with Crippen LogP contribution in [0.3, 0.4) is 0 Å². The summed E-state index contributed by atoms with van der Waals surface area (Å²) in [4.78, 5) is 27.4. The van der Waals surface area contributed by atoms with E-state index < -0.39 is 41.5 Å². The van der Waals surface area contributed by atoms with Gasteiger partial charge in [-0.1, -0.05) is 17.4 Å². The maximum atomic E-state index is 13.6. The van der Waals surface area contributed by atoms with Gasteiger partial charge in [0.1, 0.15) is 16.8 Å². The Hall–Kier alpha value is -3.14. The maximum Gasteiger partial charge on any atom is 0.342 e. The number of thiazole rings is 1. The summed E-state index contributed by atoms with van der Waals surface area (Å²) < 4.78 is 44.9. The van der Waals surface area contributed by atoms with Crippen molar-refractivity contribution in [1.82, 2.24) is 4.98 Å². The molecular weight excluding hydrogens is 385 g/mol. The molecule has 1 amide bonds. The number of nitrogens with one attached hydrogen (secondary N) is 1. The first-order valence-electron chi connectivity index (χ1n) is 7.47. The van der Waals surface area contributed by atoms with Crippen molar-refractivity contribution in [3.8, 4) is 5.75 Å². The van der Waals surface area contributed by atoms with Gasteiger partial charge < -0.3 is 9.84 Å². The first-order valence-corrected chi connectivity index (χ1v) is 8.28. The number of aromatic nitrogens is 1. The molecule has 2 N–H and O–H groups in total. The standard InChI is InChI=1S/C17H11F3N2O4S/c1-7-2-3-8(10(23)4-7)16(25)26-6-12(24)21-17-22-15-11(27-17)5-9(18)13(19)14(15)20/h2-5,23H,6H2,1H3,(H,21,22,24). The lowest BCUT2D eigenvalue weighted by molar-refractivity contribution is -0.119. The normalized spacial score (nSPS) is 10.8. The van der Waals surface area contributed by atoms with Crippen LogP contribution >= 0.6 is 11.3 Å². The Kier molecular flexibility index (Phi) is 5.00. The van der Waals surface area contributed by atoms with Crippen molar-refractivity contribution in [2.45, 2.75) is 6.92 Å². The predicted molar refractivity (Wildman–Crippen MR) is 91.2 cm³/mol. The third-order valence-corrected chi connectivity index (χ3v) is 4.39. The fourth-order valence-electron chi connectivity index (χ4n) is 2.21. The summed E-state index contributed by atoms with van der Waals surface area (Å²) >= 11 is 0.727. The van der Waals surface area contributed by atoms with Crippen LogP contribution in [0.15, 0.2) is 24.3 Å². The number of nitrogens with zero attached hydrogens (tertiary/aromatic N) is 1. The van der Waals surface area contributed by atoms with Gasteiger partial charge in [-0.2, -0.15) is 0 Å². The lowest BCUT2D eigenvalue weighted by Gasteiger charge is -2.06. The zero-order valence-electron chi connectivity index (χ0n) is 13.7. The summed E-state index contributed by atoms with van der Waals surface area (Å²) in [7, 11) is 0. The van der Waals surface area contributed by atoms with E-state index in [1.165, 1.54) is 12.1 Å². The molecule has 1 heterocycles. The molecule has 10 heteroatoms. The van der Waals surface area contributed by atoms with Gasteiger partial charge in [-0.05, 0) is 30.7 Å². The van der Waals surface area contributed by atoms with Gasteiger partial charge in [0.05, 0.1) is 4.70 Å². The summed E-state index contributed by atoms with van der Waals surface area (Å²) in [5.74, 6) is -6.47. The smallest absolute Gasteiger partial charge is 0.342 e. The van der Waals surface area contributed by atoms with Crippen molar-refractivity contribution in [2.24, 2.45) is 0 Å². The fourth-order valence-corrected chi connectivity index (χ4v) is 3.11. The van der Waals surface area contributed by atoms with E-state index in [2.05, 4.69) is 10.3 Å². The number of hydrogen-bond acceptors (Lipinski definition) is 6. The summed E-state index contributed by atoms with van der Waals surface area (Å²) in [6, 6.07) is 5.07. The summed E-state index contributed by atoms with van der Waals surface area (Å²) in [6.07, 6.45) is 0. The second-order valence-electron chi connectivity index (χ2n) is 5.50. The summed E-state index contributed by atoms with van der Waals surface area (Å²) in [5.41, 5.74) is 0.204. The summed E-state index contributed by atoms with van der Waals surface area (Å²) in [5, 5.41) is 11.8. The molecule has 0 aliphatic heterocycles. The van der Waals surface area contributed by atoms with E-state index >= 15 is 0 Å². The number of carbonyl (C=O) groups is 2. The molecular formula is C17H11F3N2O4S. The van der Waals surface area contributed by atoms with E-state index in [0.29, 0.717) is 0 Å². The molecule has 27 heavy (non-hydrogen) atoms. The number of aromatic hydroxyl groups is 1. The van der Waals surface area contributed by atoms with Crippen molar-refractivity contribution in [1.29, 1.82) is 0 Å². The van der Waals surface area contributed by atoms with E-state index in [-0.39, 0.29) is 21.1 Å². The van der Waals surface area contributed by atoms with Crippen LogP contribution in [-0.2, 0) is 9.53 Å². The van der Waals surface area contributed by atoms with Gasteiger partial charge in [0.2, 0.25) is 0 Å². The van der Waals surface area contributed by atoms with E-state index in [1.807, 2.05) is 0 Å². The molecule has 3 rings (SSSR count). The molecule has 0 saturated heterocycles. The highest BCUT2D eigenvalue weighted by molar-refractivity contribution is 7.22. The lowest BCUT2D eigenvalue weighted by atomic mass is 10.1. The second kappa shape index (κ2) is 7.23. The van der Waals surface area contributed by atoms with Crippen LogP contribution < -0.4 is 5.32 Å². The van der Waals surface area contributed by atoms with Crippen molar-refractivity contribution in [3.63, 3.8) is 0 Å². The molecule has 0 radical (unpaired) electrons.